The van der Waals surface area contributed by atoms with Gasteiger partial charge in [0, 0.05) is 25.6 Å². The molecule has 1 amide bonds. The van der Waals surface area contributed by atoms with Crippen LogP contribution in [-0.4, -0.2) is 30.4 Å². The minimum atomic E-state index is 0.212. The van der Waals surface area contributed by atoms with Gasteiger partial charge in [0.05, 0.1) is 0 Å². The summed E-state index contributed by atoms with van der Waals surface area (Å²) in [7, 11) is 2.00. The number of hydrogen-bond donors (Lipinski definition) is 1. The van der Waals surface area contributed by atoms with Gasteiger partial charge in [-0.25, -0.2) is 0 Å². The van der Waals surface area contributed by atoms with Crippen molar-refractivity contribution in [1.82, 2.24) is 4.90 Å². The third-order valence-corrected chi connectivity index (χ3v) is 5.59. The van der Waals surface area contributed by atoms with E-state index in [-0.39, 0.29) is 12.0 Å². The summed E-state index contributed by atoms with van der Waals surface area (Å²) in [5, 5.41) is 0. The van der Waals surface area contributed by atoms with Crippen LogP contribution in [0.1, 0.15) is 44.9 Å². The number of amides is 1. The smallest absolute Gasteiger partial charge is 0.225 e. The Kier molecular flexibility index (Phi) is 3.35. The van der Waals surface area contributed by atoms with E-state index in [4.69, 9.17) is 5.73 Å². The van der Waals surface area contributed by atoms with Crippen LogP contribution in [0.2, 0.25) is 0 Å². The summed E-state index contributed by atoms with van der Waals surface area (Å²) in [4.78, 5) is 14.4. The van der Waals surface area contributed by atoms with Gasteiger partial charge in [-0.15, -0.1) is 0 Å². The van der Waals surface area contributed by atoms with Gasteiger partial charge >= 0.3 is 0 Å². The standard InChI is InChI=1S/C15H26N2O/c1-17(15(18)12-4-5-14(16)8-12)9-13-7-10-2-3-11(13)6-10/h10-14H,2-9,16H2,1H3. The Morgan fingerprint density at radius 2 is 2.00 bits per heavy atom. The second-order valence-electron chi connectivity index (χ2n) is 6.92. The first kappa shape index (κ1) is 12.5. The van der Waals surface area contributed by atoms with Gasteiger partial charge in [0.15, 0.2) is 0 Å². The summed E-state index contributed by atoms with van der Waals surface area (Å²) in [6.45, 7) is 0.992. The molecule has 0 saturated heterocycles. The van der Waals surface area contributed by atoms with Crippen LogP contribution in [-0.2, 0) is 4.79 Å². The van der Waals surface area contributed by atoms with Gasteiger partial charge in [0.25, 0.3) is 0 Å². The third kappa shape index (κ3) is 2.29. The molecule has 0 aromatic heterocycles. The summed E-state index contributed by atoms with van der Waals surface area (Å²) in [5.41, 5.74) is 5.91. The van der Waals surface area contributed by atoms with Gasteiger partial charge in [0.2, 0.25) is 5.91 Å². The van der Waals surface area contributed by atoms with Crippen LogP contribution in [0.25, 0.3) is 0 Å². The predicted octanol–water partition coefficient (Wildman–Crippen LogP) is 2.01. The molecule has 3 nitrogen and oxygen atoms in total. The fraction of sp³-hybridized carbons (Fsp3) is 0.933. The molecule has 0 heterocycles. The zero-order valence-corrected chi connectivity index (χ0v) is 11.5. The number of nitrogens with zero attached hydrogens (tertiary/aromatic N) is 1. The number of rotatable bonds is 3. The Morgan fingerprint density at radius 1 is 1.17 bits per heavy atom. The minimum absolute atomic E-state index is 0.212. The first-order valence-corrected chi connectivity index (χ1v) is 7.64. The lowest BCUT2D eigenvalue weighted by Gasteiger charge is -2.28. The highest BCUT2D eigenvalue weighted by atomic mass is 16.2. The van der Waals surface area contributed by atoms with Crippen LogP contribution in [0.15, 0.2) is 0 Å². The second-order valence-corrected chi connectivity index (χ2v) is 6.92. The van der Waals surface area contributed by atoms with Crippen LogP contribution in [0, 0.1) is 23.7 Å². The maximum absolute atomic E-state index is 12.4. The lowest BCUT2D eigenvalue weighted by Crippen LogP contribution is -2.37. The molecule has 102 valence electrons. The van der Waals surface area contributed by atoms with E-state index in [1.54, 1.807) is 0 Å². The first-order chi connectivity index (χ1) is 8.63. The van der Waals surface area contributed by atoms with E-state index in [1.165, 1.54) is 25.7 Å². The van der Waals surface area contributed by atoms with Gasteiger partial charge in [0.1, 0.15) is 0 Å². The van der Waals surface area contributed by atoms with Gasteiger partial charge in [-0.3, -0.25) is 4.79 Å². The molecule has 3 aliphatic rings. The van der Waals surface area contributed by atoms with E-state index in [2.05, 4.69) is 0 Å². The minimum Gasteiger partial charge on any atom is -0.345 e. The molecule has 5 atom stereocenters. The van der Waals surface area contributed by atoms with E-state index in [0.717, 1.165) is 43.6 Å². The Hall–Kier alpha value is -0.570. The van der Waals surface area contributed by atoms with Crippen molar-refractivity contribution in [3.8, 4) is 0 Å². The molecule has 3 fully saturated rings. The maximum Gasteiger partial charge on any atom is 0.225 e. The van der Waals surface area contributed by atoms with Crippen LogP contribution < -0.4 is 5.73 Å². The van der Waals surface area contributed by atoms with Crippen LogP contribution in [0.4, 0.5) is 0 Å². The SMILES string of the molecule is CN(CC1CC2CCC1C2)C(=O)C1CCC(N)C1. The number of fused-ring (bicyclic) bond motifs is 2. The maximum atomic E-state index is 12.4. The number of nitrogens with two attached hydrogens (primary N) is 1. The highest BCUT2D eigenvalue weighted by Gasteiger charge is 2.40. The van der Waals surface area contributed by atoms with Crippen molar-refractivity contribution in [2.45, 2.75) is 51.0 Å². The third-order valence-electron chi connectivity index (χ3n) is 5.59. The fourth-order valence-corrected chi connectivity index (χ4v) is 4.59. The number of carbonyl (C=O) groups is 1. The predicted molar refractivity (Wildman–Crippen MR) is 71.9 cm³/mol. The van der Waals surface area contributed by atoms with Crippen LogP contribution in [0.3, 0.4) is 0 Å². The van der Waals surface area contributed by atoms with Gasteiger partial charge in [-0.05, 0) is 56.3 Å². The van der Waals surface area contributed by atoms with Crippen molar-refractivity contribution >= 4 is 5.91 Å². The van der Waals surface area contributed by atoms with E-state index >= 15 is 0 Å². The summed E-state index contributed by atoms with van der Waals surface area (Å²) in [6.07, 6.45) is 8.58. The van der Waals surface area contributed by atoms with Crippen molar-refractivity contribution < 1.29 is 4.79 Å². The normalized spacial score (nSPS) is 42.4. The number of carbonyl (C=O) groups excluding carboxylic acids is 1. The summed E-state index contributed by atoms with van der Waals surface area (Å²) in [6, 6.07) is 0.259. The van der Waals surface area contributed by atoms with Crippen LogP contribution in [0.5, 0.6) is 0 Å². The fourth-order valence-electron chi connectivity index (χ4n) is 4.59. The second kappa shape index (κ2) is 4.84. The highest BCUT2D eigenvalue weighted by molar-refractivity contribution is 5.79. The lowest BCUT2D eigenvalue weighted by molar-refractivity contribution is -0.134. The molecule has 3 aliphatic carbocycles. The molecule has 3 heteroatoms. The van der Waals surface area contributed by atoms with E-state index < -0.39 is 0 Å². The van der Waals surface area contributed by atoms with Crippen molar-refractivity contribution in [3.05, 3.63) is 0 Å². The molecule has 0 radical (unpaired) electrons. The summed E-state index contributed by atoms with van der Waals surface area (Å²) >= 11 is 0. The molecule has 2 bridgehead atoms. The zero-order chi connectivity index (χ0) is 12.7. The van der Waals surface area contributed by atoms with Crippen molar-refractivity contribution in [2.75, 3.05) is 13.6 Å². The first-order valence-electron chi connectivity index (χ1n) is 7.64. The molecular formula is C15H26N2O. The molecule has 3 rings (SSSR count). The quantitative estimate of drug-likeness (QED) is 0.833. The Balaban J connectivity index is 1.52. The molecule has 0 aromatic rings. The van der Waals surface area contributed by atoms with Crippen LogP contribution >= 0.6 is 0 Å². The zero-order valence-electron chi connectivity index (χ0n) is 11.5. The van der Waals surface area contributed by atoms with Gasteiger partial charge in [-0.1, -0.05) is 6.42 Å². The topological polar surface area (TPSA) is 46.3 Å². The van der Waals surface area contributed by atoms with Crippen molar-refractivity contribution in [3.63, 3.8) is 0 Å². The van der Waals surface area contributed by atoms with Crippen molar-refractivity contribution in [2.24, 2.45) is 29.4 Å². The molecule has 5 unspecified atom stereocenters. The van der Waals surface area contributed by atoms with Gasteiger partial charge in [-0.2, -0.15) is 0 Å². The van der Waals surface area contributed by atoms with Crippen molar-refractivity contribution in [1.29, 1.82) is 0 Å². The Morgan fingerprint density at radius 3 is 2.56 bits per heavy atom. The molecule has 0 spiro atoms. The Bertz CT molecular complexity index is 330. The van der Waals surface area contributed by atoms with E-state index in [9.17, 15) is 4.79 Å². The number of hydrogen-bond acceptors (Lipinski definition) is 2. The molecule has 18 heavy (non-hydrogen) atoms. The largest absolute Gasteiger partial charge is 0.345 e. The molecular weight excluding hydrogens is 224 g/mol. The average molecular weight is 250 g/mol. The van der Waals surface area contributed by atoms with E-state index in [0.29, 0.717) is 5.91 Å². The molecule has 0 aromatic carbocycles. The van der Waals surface area contributed by atoms with E-state index in [1.807, 2.05) is 11.9 Å². The summed E-state index contributed by atoms with van der Waals surface area (Å²) in [5.74, 6) is 3.24. The van der Waals surface area contributed by atoms with Gasteiger partial charge < -0.3 is 10.6 Å². The monoisotopic (exact) mass is 250 g/mol. The average Bonchev–Trinajstić information content (AvgIpc) is 3.03. The Labute approximate surface area is 110 Å². The highest BCUT2D eigenvalue weighted by Crippen LogP contribution is 2.48. The summed E-state index contributed by atoms with van der Waals surface area (Å²) < 4.78 is 0. The lowest BCUT2D eigenvalue weighted by atomic mass is 9.88. The molecule has 2 N–H and O–H groups in total. The molecule has 3 saturated carbocycles. The molecule has 0 aliphatic heterocycles.